The van der Waals surface area contributed by atoms with E-state index in [2.05, 4.69) is 12.2 Å². The fourth-order valence-corrected chi connectivity index (χ4v) is 3.21. The molecule has 11 N–H and O–H groups in total. The van der Waals surface area contributed by atoms with Crippen LogP contribution < -0.4 is 5.32 Å². The first kappa shape index (κ1) is 32.1. The molecule has 2 rings (SSSR count). The molecule has 0 aliphatic carbocycles. The summed E-state index contributed by atoms with van der Waals surface area (Å²) in [4.78, 5) is 10.2. The van der Waals surface area contributed by atoms with Gasteiger partial charge in [-0.3, -0.25) is 0 Å². The lowest BCUT2D eigenvalue weighted by Crippen LogP contribution is -2.51. The second kappa shape index (κ2) is 16.0. The van der Waals surface area contributed by atoms with Crippen molar-refractivity contribution in [3.8, 4) is 17.2 Å². The molecule has 0 saturated carbocycles. The second-order valence-corrected chi connectivity index (χ2v) is 8.64. The number of aryl methyl sites for hydroxylation is 1. The first-order valence-corrected chi connectivity index (χ1v) is 11.6. The van der Waals surface area contributed by atoms with Crippen LogP contribution in [0.1, 0.15) is 24.5 Å². The predicted octanol–water partition coefficient (Wildman–Crippen LogP) is -1.18. The van der Waals surface area contributed by atoms with Crippen molar-refractivity contribution in [2.24, 2.45) is 0 Å². The normalized spacial score (nSPS) is 16.0. The van der Waals surface area contributed by atoms with Gasteiger partial charge in [-0.05, 0) is 68.1 Å². The Labute approximate surface area is 214 Å². The van der Waals surface area contributed by atoms with Crippen LogP contribution in [0.25, 0.3) is 0 Å². The molecule has 0 heterocycles. The van der Waals surface area contributed by atoms with Gasteiger partial charge in [-0.1, -0.05) is 18.2 Å². The summed E-state index contributed by atoms with van der Waals surface area (Å²) in [6.07, 6.45) is -7.45. The maximum absolute atomic E-state index is 10.2. The molecule has 0 aliphatic rings. The molecule has 37 heavy (non-hydrogen) atoms. The van der Waals surface area contributed by atoms with E-state index >= 15 is 0 Å². The van der Waals surface area contributed by atoms with Crippen molar-refractivity contribution in [2.75, 3.05) is 13.2 Å². The van der Waals surface area contributed by atoms with Crippen LogP contribution in [0, 0.1) is 0 Å². The Morgan fingerprint density at radius 2 is 1.41 bits per heavy atom. The summed E-state index contributed by atoms with van der Waals surface area (Å²) < 4.78 is 0. The van der Waals surface area contributed by atoms with Crippen molar-refractivity contribution in [3.63, 3.8) is 0 Å². The summed E-state index contributed by atoms with van der Waals surface area (Å²) >= 11 is 0. The zero-order valence-electron chi connectivity index (χ0n) is 20.4. The van der Waals surface area contributed by atoms with E-state index in [9.17, 15) is 20.1 Å². The molecule has 12 nitrogen and oxygen atoms in total. The van der Waals surface area contributed by atoms with Gasteiger partial charge >= 0.3 is 5.97 Å². The number of phenols is 3. The van der Waals surface area contributed by atoms with E-state index in [-0.39, 0.29) is 11.5 Å². The molecule has 0 aromatic heterocycles. The van der Waals surface area contributed by atoms with Crippen LogP contribution in [-0.4, -0.2) is 107 Å². The lowest BCUT2D eigenvalue weighted by Gasteiger charge is -2.26. The smallest absolute Gasteiger partial charge is 0.335 e. The van der Waals surface area contributed by atoms with Crippen molar-refractivity contribution in [1.29, 1.82) is 0 Å². The van der Waals surface area contributed by atoms with Gasteiger partial charge in [0.1, 0.15) is 30.2 Å². The molecule has 12 heteroatoms. The highest BCUT2D eigenvalue weighted by Crippen LogP contribution is 2.24. The van der Waals surface area contributed by atoms with Crippen molar-refractivity contribution in [1.82, 2.24) is 5.32 Å². The number of aromatic hydroxyl groups is 3. The number of nitrogens with one attached hydrogen (secondary N) is 1. The highest BCUT2D eigenvalue weighted by molar-refractivity contribution is 5.72. The van der Waals surface area contributed by atoms with E-state index in [1.54, 1.807) is 18.2 Å². The van der Waals surface area contributed by atoms with Crippen LogP contribution in [0.2, 0.25) is 0 Å². The van der Waals surface area contributed by atoms with Crippen LogP contribution in [0.4, 0.5) is 0 Å². The molecule has 0 saturated heterocycles. The molecule has 0 amide bonds. The summed E-state index contributed by atoms with van der Waals surface area (Å²) in [6, 6.07) is 12.6. The Hall–Kier alpha value is -2.97. The van der Waals surface area contributed by atoms with E-state index in [1.807, 2.05) is 18.2 Å². The molecular formula is C25H37NO11. The standard InChI is InChI=1S/C18H23NO3.C7H14O8/c1-13(2-3-14-4-7-16(20)8-5-14)19-11-10-15-6-9-17(21)18(22)12-15;8-1-2(9)3(10)4(11)5(12)6(13)7(14)15/h4-9,12-13,19-22H,2-3,10-11H2,1H3;2-6,8-13H,1H2,(H,14,15)/t;2?,3-,4-,5+,6-/m.1/s1. The Kier molecular flexibility index (Phi) is 13.9. The number of carboxylic acids is 1. The lowest BCUT2D eigenvalue weighted by atomic mass is 9.99. The molecule has 0 aliphatic heterocycles. The minimum Gasteiger partial charge on any atom is -0.508 e. The first-order chi connectivity index (χ1) is 17.4. The Balaban J connectivity index is 0.000000401. The van der Waals surface area contributed by atoms with E-state index in [1.165, 1.54) is 11.6 Å². The minimum absolute atomic E-state index is 0.0714. The molecule has 2 aromatic carbocycles. The van der Waals surface area contributed by atoms with Crippen LogP contribution in [0.5, 0.6) is 17.2 Å². The van der Waals surface area contributed by atoms with E-state index in [4.69, 9.17) is 35.7 Å². The monoisotopic (exact) mass is 527 g/mol. The van der Waals surface area contributed by atoms with Gasteiger partial charge < -0.3 is 56.4 Å². The zero-order chi connectivity index (χ0) is 28.1. The fourth-order valence-electron chi connectivity index (χ4n) is 3.21. The summed E-state index contributed by atoms with van der Waals surface area (Å²) in [5.41, 5.74) is 2.21. The molecule has 0 bridgehead atoms. The van der Waals surface area contributed by atoms with Crippen molar-refractivity contribution in [2.45, 2.75) is 62.7 Å². The Bertz CT molecular complexity index is 941. The average molecular weight is 528 g/mol. The van der Waals surface area contributed by atoms with Crippen LogP contribution >= 0.6 is 0 Å². The number of hydrogen-bond donors (Lipinski definition) is 11. The molecule has 6 atom stereocenters. The average Bonchev–Trinajstić information content (AvgIpc) is 2.88. The van der Waals surface area contributed by atoms with E-state index in [0.717, 1.165) is 31.4 Å². The number of rotatable bonds is 13. The molecule has 0 spiro atoms. The first-order valence-electron chi connectivity index (χ1n) is 11.6. The number of aliphatic carboxylic acids is 1. The van der Waals surface area contributed by atoms with Gasteiger partial charge in [-0.25, -0.2) is 4.79 Å². The predicted molar refractivity (Wildman–Crippen MR) is 132 cm³/mol. The van der Waals surface area contributed by atoms with Gasteiger partial charge in [-0.15, -0.1) is 0 Å². The van der Waals surface area contributed by atoms with Gasteiger partial charge in [0.05, 0.1) is 6.61 Å². The summed E-state index contributed by atoms with van der Waals surface area (Å²) in [5, 5.41) is 93.0. The van der Waals surface area contributed by atoms with E-state index < -0.39 is 43.1 Å². The molecule has 2 aromatic rings. The number of carbonyl (C=O) groups is 1. The Morgan fingerprint density at radius 3 is 1.95 bits per heavy atom. The van der Waals surface area contributed by atoms with Gasteiger partial charge in [0.25, 0.3) is 0 Å². The summed E-state index contributed by atoms with van der Waals surface area (Å²) in [5.74, 6) is -1.64. The maximum atomic E-state index is 10.2. The zero-order valence-corrected chi connectivity index (χ0v) is 20.4. The minimum atomic E-state index is -2.29. The summed E-state index contributed by atoms with van der Waals surface area (Å²) in [6.45, 7) is 2.09. The maximum Gasteiger partial charge on any atom is 0.335 e. The van der Waals surface area contributed by atoms with Gasteiger partial charge in [-0.2, -0.15) is 0 Å². The second-order valence-electron chi connectivity index (χ2n) is 8.64. The molecule has 0 fully saturated rings. The molecular weight excluding hydrogens is 490 g/mol. The fraction of sp³-hybridized carbons (Fsp3) is 0.480. The van der Waals surface area contributed by atoms with Crippen LogP contribution in [0.15, 0.2) is 42.5 Å². The summed E-state index contributed by atoms with van der Waals surface area (Å²) in [7, 11) is 0. The van der Waals surface area contributed by atoms with Gasteiger partial charge in [0.15, 0.2) is 17.6 Å². The molecule has 208 valence electrons. The SMILES string of the molecule is CC(CCc1ccc(O)cc1)NCCc1ccc(O)c(O)c1.O=C(O)[C@H](O)[C@@H](O)[C@H](O)[C@H](O)C(O)CO. The van der Waals surface area contributed by atoms with Crippen molar-refractivity contribution < 1.29 is 55.9 Å². The largest absolute Gasteiger partial charge is 0.508 e. The molecule has 0 radical (unpaired) electrons. The van der Waals surface area contributed by atoms with Crippen LogP contribution in [0.3, 0.4) is 0 Å². The number of phenolic OH excluding ortho intramolecular Hbond substituents is 3. The third kappa shape index (κ3) is 11.3. The number of hydrogen-bond acceptors (Lipinski definition) is 11. The highest BCUT2D eigenvalue weighted by Gasteiger charge is 2.36. The third-order valence-electron chi connectivity index (χ3n) is 5.61. The Morgan fingerprint density at radius 1 is 0.811 bits per heavy atom. The highest BCUT2D eigenvalue weighted by atomic mass is 16.4. The van der Waals surface area contributed by atoms with Crippen molar-refractivity contribution in [3.05, 3.63) is 53.6 Å². The third-order valence-corrected chi connectivity index (χ3v) is 5.61. The number of aliphatic hydroxyl groups is 6. The van der Waals surface area contributed by atoms with Gasteiger partial charge in [0.2, 0.25) is 0 Å². The number of benzene rings is 2. The molecule has 2 unspecified atom stereocenters. The van der Waals surface area contributed by atoms with E-state index in [0.29, 0.717) is 11.8 Å². The topological polar surface area (TPSA) is 231 Å². The van der Waals surface area contributed by atoms with Crippen LogP contribution in [-0.2, 0) is 17.6 Å². The lowest BCUT2D eigenvalue weighted by molar-refractivity contribution is -0.169. The number of carboxylic acid groups (broad SMARTS) is 1. The number of aliphatic hydroxyl groups excluding tert-OH is 6. The van der Waals surface area contributed by atoms with Gasteiger partial charge in [0, 0.05) is 6.04 Å². The van der Waals surface area contributed by atoms with Crippen molar-refractivity contribution >= 4 is 5.97 Å². The quantitative estimate of drug-likeness (QED) is 0.138.